The molecule has 0 unspecified atom stereocenters. The maximum Gasteiger partial charge on any atom is 0.352 e. The Morgan fingerprint density at radius 1 is 1.23 bits per heavy atom. The molecule has 0 radical (unpaired) electrons. The Morgan fingerprint density at radius 2 is 1.97 bits per heavy atom. The number of nitrogens with zero attached hydrogens (tertiary/aromatic N) is 4. The number of halogens is 3. The summed E-state index contributed by atoms with van der Waals surface area (Å²) in [6.07, 6.45) is 4.15. The van der Waals surface area contributed by atoms with Crippen LogP contribution in [0.4, 0.5) is 19.1 Å². The number of rotatable bonds is 5. The molecule has 1 aromatic carbocycles. The van der Waals surface area contributed by atoms with Crippen molar-refractivity contribution >= 4 is 22.9 Å². The normalized spacial score (nSPS) is 14.6. The number of benzene rings is 1. The summed E-state index contributed by atoms with van der Waals surface area (Å²) in [5.41, 5.74) is 2.12. The number of anilines is 1. The Balaban J connectivity index is 1.47. The number of aryl methyl sites for hydroxylation is 1. The van der Waals surface area contributed by atoms with Gasteiger partial charge in [-0.2, -0.15) is 4.98 Å². The van der Waals surface area contributed by atoms with Crippen LogP contribution < -0.4 is 10.6 Å². The molecular weight excluding hydrogens is 425 g/mol. The number of hydrogen-bond acceptors (Lipinski definition) is 5. The average molecular weight is 446 g/mol. The molecule has 4 rings (SSSR count). The van der Waals surface area contributed by atoms with Crippen LogP contribution in [0.5, 0.6) is 0 Å². The maximum absolute atomic E-state index is 13.6. The molecule has 3 aromatic rings. The van der Waals surface area contributed by atoms with Gasteiger partial charge in [-0.05, 0) is 48.2 Å². The van der Waals surface area contributed by atoms with Gasteiger partial charge in [-0.25, -0.2) is 22.9 Å². The van der Waals surface area contributed by atoms with Crippen molar-refractivity contribution in [3.05, 3.63) is 79.9 Å². The van der Waals surface area contributed by atoms with Crippen molar-refractivity contribution in [1.29, 1.82) is 0 Å². The van der Waals surface area contributed by atoms with Crippen LogP contribution in [0.1, 0.15) is 34.2 Å². The SMILES string of the molecule is Cc1cc(Cn2cnc(N3CC=C(c4ccc(F)cc4)CC3)nc2=O)sc1C(C)(F)F. The molecule has 0 amide bonds. The zero-order chi connectivity index (χ0) is 22.2. The molecule has 2 aromatic heterocycles. The van der Waals surface area contributed by atoms with Gasteiger partial charge in [0.2, 0.25) is 5.95 Å². The highest BCUT2D eigenvalue weighted by atomic mass is 32.1. The van der Waals surface area contributed by atoms with Crippen LogP contribution in [0, 0.1) is 12.7 Å². The molecule has 31 heavy (non-hydrogen) atoms. The summed E-state index contributed by atoms with van der Waals surface area (Å²) >= 11 is 0.994. The minimum atomic E-state index is -2.91. The highest BCUT2D eigenvalue weighted by molar-refractivity contribution is 7.12. The highest BCUT2D eigenvalue weighted by Crippen LogP contribution is 2.36. The summed E-state index contributed by atoms with van der Waals surface area (Å²) in [6, 6.07) is 8.04. The zero-order valence-electron chi connectivity index (χ0n) is 17.1. The molecule has 0 N–H and O–H groups in total. The molecule has 1 aliphatic heterocycles. The molecule has 0 saturated carbocycles. The van der Waals surface area contributed by atoms with Crippen LogP contribution >= 0.6 is 11.3 Å². The second-order valence-electron chi connectivity index (χ2n) is 7.61. The van der Waals surface area contributed by atoms with Gasteiger partial charge in [0.05, 0.1) is 11.4 Å². The van der Waals surface area contributed by atoms with Gasteiger partial charge in [0.1, 0.15) is 12.1 Å². The molecule has 0 spiro atoms. The minimum Gasteiger partial charge on any atom is -0.337 e. The van der Waals surface area contributed by atoms with E-state index in [0.29, 0.717) is 29.5 Å². The van der Waals surface area contributed by atoms with Gasteiger partial charge in [0, 0.05) is 24.9 Å². The van der Waals surface area contributed by atoms with E-state index in [1.807, 2.05) is 11.0 Å². The molecule has 3 heterocycles. The summed E-state index contributed by atoms with van der Waals surface area (Å²) in [6.45, 7) is 3.82. The second kappa shape index (κ2) is 8.30. The van der Waals surface area contributed by atoms with Crippen molar-refractivity contribution in [2.24, 2.45) is 0 Å². The number of hydrogen-bond donors (Lipinski definition) is 0. The van der Waals surface area contributed by atoms with E-state index >= 15 is 0 Å². The minimum absolute atomic E-state index is 0.00477. The van der Waals surface area contributed by atoms with E-state index in [-0.39, 0.29) is 17.2 Å². The van der Waals surface area contributed by atoms with Crippen molar-refractivity contribution < 1.29 is 13.2 Å². The Kier molecular flexibility index (Phi) is 5.70. The molecule has 1 aliphatic rings. The standard InChI is InChI=1S/C22H21F3N4OS/c1-14-11-18(31-19(14)22(2,24)25)12-29-13-26-20(27-21(29)30)28-9-7-16(8-10-28)15-3-5-17(23)6-4-15/h3-7,11,13H,8-10,12H2,1-2H3. The van der Waals surface area contributed by atoms with Crippen molar-refractivity contribution in [3.63, 3.8) is 0 Å². The largest absolute Gasteiger partial charge is 0.352 e. The summed E-state index contributed by atoms with van der Waals surface area (Å²) in [7, 11) is 0. The van der Waals surface area contributed by atoms with Crippen LogP contribution in [0.3, 0.4) is 0 Å². The lowest BCUT2D eigenvalue weighted by molar-refractivity contribution is 0.0209. The first-order valence-electron chi connectivity index (χ1n) is 9.82. The van der Waals surface area contributed by atoms with Crippen molar-refractivity contribution in [2.75, 3.05) is 18.0 Å². The Morgan fingerprint density at radius 3 is 2.55 bits per heavy atom. The molecule has 0 atom stereocenters. The second-order valence-corrected chi connectivity index (χ2v) is 8.75. The molecule has 0 aliphatic carbocycles. The highest BCUT2D eigenvalue weighted by Gasteiger charge is 2.29. The predicted octanol–water partition coefficient (Wildman–Crippen LogP) is 4.60. The van der Waals surface area contributed by atoms with Crippen molar-refractivity contribution in [1.82, 2.24) is 14.5 Å². The maximum atomic E-state index is 13.6. The van der Waals surface area contributed by atoms with Gasteiger partial charge in [-0.3, -0.25) is 4.57 Å². The molecule has 0 bridgehead atoms. The van der Waals surface area contributed by atoms with Gasteiger partial charge < -0.3 is 4.90 Å². The summed E-state index contributed by atoms with van der Waals surface area (Å²) < 4.78 is 41.7. The van der Waals surface area contributed by atoms with Gasteiger partial charge in [0.25, 0.3) is 5.92 Å². The Labute approximate surface area is 181 Å². The first kappa shape index (κ1) is 21.3. The predicted molar refractivity (Wildman–Crippen MR) is 115 cm³/mol. The molecule has 9 heteroatoms. The van der Waals surface area contributed by atoms with Crippen molar-refractivity contribution in [3.8, 4) is 0 Å². The number of aromatic nitrogens is 3. The van der Waals surface area contributed by atoms with Crippen LogP contribution in [-0.2, 0) is 12.5 Å². The van der Waals surface area contributed by atoms with Gasteiger partial charge in [0.15, 0.2) is 0 Å². The lowest BCUT2D eigenvalue weighted by atomic mass is 10.00. The van der Waals surface area contributed by atoms with E-state index in [4.69, 9.17) is 0 Å². The summed E-state index contributed by atoms with van der Waals surface area (Å²) in [4.78, 5) is 23.4. The van der Waals surface area contributed by atoms with E-state index in [9.17, 15) is 18.0 Å². The topological polar surface area (TPSA) is 51.0 Å². The molecule has 0 fully saturated rings. The van der Waals surface area contributed by atoms with E-state index < -0.39 is 11.6 Å². The van der Waals surface area contributed by atoms with E-state index in [1.165, 1.54) is 23.0 Å². The average Bonchev–Trinajstić information content (AvgIpc) is 3.11. The molecular formula is C22H21F3N4OS. The third-order valence-electron chi connectivity index (χ3n) is 5.15. The first-order chi connectivity index (χ1) is 14.7. The van der Waals surface area contributed by atoms with E-state index in [2.05, 4.69) is 9.97 Å². The lowest BCUT2D eigenvalue weighted by Gasteiger charge is -2.26. The van der Waals surface area contributed by atoms with Gasteiger partial charge >= 0.3 is 5.69 Å². The fourth-order valence-electron chi connectivity index (χ4n) is 3.62. The monoisotopic (exact) mass is 446 g/mol. The third kappa shape index (κ3) is 4.71. The van der Waals surface area contributed by atoms with Crippen molar-refractivity contribution in [2.45, 2.75) is 32.7 Å². The smallest absolute Gasteiger partial charge is 0.337 e. The Bertz CT molecular complexity index is 1180. The lowest BCUT2D eigenvalue weighted by Crippen LogP contribution is -2.33. The number of alkyl halides is 2. The molecule has 5 nitrogen and oxygen atoms in total. The first-order valence-corrected chi connectivity index (χ1v) is 10.6. The zero-order valence-corrected chi connectivity index (χ0v) is 17.9. The van der Waals surface area contributed by atoms with Crippen LogP contribution in [0.2, 0.25) is 0 Å². The van der Waals surface area contributed by atoms with Crippen LogP contribution in [-0.4, -0.2) is 27.6 Å². The summed E-state index contributed by atoms with van der Waals surface area (Å²) in [5.74, 6) is -2.85. The van der Waals surface area contributed by atoms with Gasteiger partial charge in [-0.1, -0.05) is 18.2 Å². The molecule has 162 valence electrons. The fourth-order valence-corrected chi connectivity index (χ4v) is 4.72. The molecule has 0 saturated heterocycles. The third-order valence-corrected chi connectivity index (χ3v) is 6.55. The van der Waals surface area contributed by atoms with Crippen LogP contribution in [0.15, 0.2) is 47.5 Å². The fraction of sp³-hybridized carbons (Fsp3) is 0.318. The van der Waals surface area contributed by atoms with Crippen LogP contribution in [0.25, 0.3) is 5.57 Å². The number of thiophene rings is 1. The van der Waals surface area contributed by atoms with E-state index in [1.54, 1.807) is 25.1 Å². The van der Waals surface area contributed by atoms with Gasteiger partial charge in [-0.15, -0.1) is 11.3 Å². The Hall–Kier alpha value is -2.94. The van der Waals surface area contributed by atoms with E-state index in [0.717, 1.165) is 35.8 Å². The quantitative estimate of drug-likeness (QED) is 0.575. The summed E-state index contributed by atoms with van der Waals surface area (Å²) in [5, 5.41) is 0.